The quantitative estimate of drug-likeness (QED) is 0.517. The van der Waals surface area contributed by atoms with Gasteiger partial charge in [0.25, 0.3) is 0 Å². The van der Waals surface area contributed by atoms with E-state index in [1.165, 1.54) is 6.20 Å². The third-order valence-corrected chi connectivity index (χ3v) is 1.09. The maximum atomic E-state index is 3.62. The number of para-hydroxylation sites is 1. The lowest BCUT2D eigenvalue weighted by molar-refractivity contribution is 1.13. The molecule has 0 fully saturated rings. The molecular weight excluding hydrogens is 138 g/mol. The summed E-state index contributed by atoms with van der Waals surface area (Å²) in [6.07, 6.45) is 1.37. The van der Waals surface area contributed by atoms with Gasteiger partial charge in [0.15, 0.2) is 0 Å². The first-order chi connectivity index (χ1) is 5.43. The maximum Gasteiger partial charge on any atom is 0.0578 e. The van der Waals surface area contributed by atoms with Gasteiger partial charge in [0.2, 0.25) is 0 Å². The lowest BCUT2D eigenvalue weighted by Gasteiger charge is -1.94. The summed E-state index contributed by atoms with van der Waals surface area (Å²) in [6.45, 7) is 3.39. The first-order valence-corrected chi connectivity index (χ1v) is 3.25. The second-order valence-electron chi connectivity index (χ2n) is 1.88. The van der Waals surface area contributed by atoms with Crippen molar-refractivity contribution in [3.63, 3.8) is 0 Å². The normalized spacial score (nSPS) is 9.82. The highest BCUT2D eigenvalue weighted by Crippen LogP contribution is 2.04. The summed E-state index contributed by atoms with van der Waals surface area (Å²) in [4.78, 5) is 0. The van der Waals surface area contributed by atoms with E-state index in [-0.39, 0.29) is 0 Å². The van der Waals surface area contributed by atoms with Gasteiger partial charge in [0.05, 0.1) is 5.69 Å². The standard InChI is InChI=1S/C8H9N3/c1-2-9-11-10-8-6-4-3-5-7-8/h2-7H,1H2,(H,9,10). The molecule has 0 aliphatic carbocycles. The highest BCUT2D eigenvalue weighted by atomic mass is 15.4. The van der Waals surface area contributed by atoms with Crippen molar-refractivity contribution in [2.24, 2.45) is 10.3 Å². The second kappa shape index (κ2) is 4.22. The molecule has 1 aromatic carbocycles. The van der Waals surface area contributed by atoms with Crippen LogP contribution in [0.2, 0.25) is 0 Å². The van der Waals surface area contributed by atoms with Crippen LogP contribution in [0, 0.1) is 0 Å². The molecule has 0 saturated heterocycles. The van der Waals surface area contributed by atoms with Crippen LogP contribution in [-0.2, 0) is 0 Å². The number of nitrogens with zero attached hydrogens (tertiary/aromatic N) is 2. The van der Waals surface area contributed by atoms with Crippen LogP contribution in [0.5, 0.6) is 0 Å². The molecule has 0 radical (unpaired) electrons. The first kappa shape index (κ1) is 7.47. The zero-order chi connectivity index (χ0) is 7.94. The Hall–Kier alpha value is -1.64. The van der Waals surface area contributed by atoms with E-state index < -0.39 is 0 Å². The zero-order valence-electron chi connectivity index (χ0n) is 6.07. The topological polar surface area (TPSA) is 36.8 Å². The Morgan fingerprint density at radius 1 is 1.27 bits per heavy atom. The van der Waals surface area contributed by atoms with Crippen LogP contribution in [0.4, 0.5) is 5.69 Å². The average molecular weight is 147 g/mol. The van der Waals surface area contributed by atoms with Crippen molar-refractivity contribution >= 4 is 5.69 Å². The van der Waals surface area contributed by atoms with Crippen molar-refractivity contribution in [3.05, 3.63) is 43.1 Å². The lowest BCUT2D eigenvalue weighted by Crippen LogP contribution is -1.83. The van der Waals surface area contributed by atoms with Gasteiger partial charge in [-0.3, -0.25) is 5.43 Å². The van der Waals surface area contributed by atoms with Gasteiger partial charge in [-0.1, -0.05) is 30.0 Å². The minimum Gasteiger partial charge on any atom is -0.260 e. The Labute approximate surface area is 65.4 Å². The number of hydrogen-bond acceptors (Lipinski definition) is 2. The fourth-order valence-corrected chi connectivity index (χ4v) is 0.640. The smallest absolute Gasteiger partial charge is 0.0578 e. The van der Waals surface area contributed by atoms with E-state index in [9.17, 15) is 0 Å². The fraction of sp³-hybridized carbons (Fsp3) is 0. The molecule has 0 amide bonds. The van der Waals surface area contributed by atoms with Crippen LogP contribution < -0.4 is 5.43 Å². The summed E-state index contributed by atoms with van der Waals surface area (Å²) in [7, 11) is 0. The predicted octanol–water partition coefficient (Wildman–Crippen LogP) is 2.61. The minimum absolute atomic E-state index is 0.915. The molecule has 0 aliphatic rings. The van der Waals surface area contributed by atoms with Gasteiger partial charge >= 0.3 is 0 Å². The van der Waals surface area contributed by atoms with E-state index in [1.807, 2.05) is 30.3 Å². The molecular formula is C8H9N3. The summed E-state index contributed by atoms with van der Waals surface area (Å²) in [5, 5.41) is 7.16. The van der Waals surface area contributed by atoms with E-state index in [0.717, 1.165) is 5.69 Å². The zero-order valence-corrected chi connectivity index (χ0v) is 6.07. The molecule has 0 spiro atoms. The molecule has 56 valence electrons. The molecule has 0 unspecified atom stereocenters. The molecule has 1 N–H and O–H groups in total. The Bertz CT molecular complexity index is 241. The van der Waals surface area contributed by atoms with Gasteiger partial charge in [0, 0.05) is 6.20 Å². The van der Waals surface area contributed by atoms with E-state index in [2.05, 4.69) is 22.3 Å². The van der Waals surface area contributed by atoms with Gasteiger partial charge in [-0.05, 0) is 12.1 Å². The SMILES string of the molecule is C=CN=NNc1ccccc1. The average Bonchev–Trinajstić information content (AvgIpc) is 2.07. The van der Waals surface area contributed by atoms with Gasteiger partial charge in [-0.15, -0.1) is 5.11 Å². The van der Waals surface area contributed by atoms with Crippen molar-refractivity contribution in [1.82, 2.24) is 0 Å². The van der Waals surface area contributed by atoms with Crippen LogP contribution in [-0.4, -0.2) is 0 Å². The molecule has 0 heterocycles. The van der Waals surface area contributed by atoms with Crippen LogP contribution in [0.15, 0.2) is 53.4 Å². The van der Waals surface area contributed by atoms with Crippen molar-refractivity contribution in [2.45, 2.75) is 0 Å². The van der Waals surface area contributed by atoms with Crippen molar-refractivity contribution in [2.75, 3.05) is 5.43 Å². The molecule has 0 aliphatic heterocycles. The van der Waals surface area contributed by atoms with E-state index in [0.29, 0.717) is 0 Å². The minimum atomic E-state index is 0.915. The van der Waals surface area contributed by atoms with Crippen molar-refractivity contribution < 1.29 is 0 Å². The van der Waals surface area contributed by atoms with E-state index in [1.54, 1.807) is 0 Å². The highest BCUT2D eigenvalue weighted by molar-refractivity contribution is 5.41. The summed E-state index contributed by atoms with van der Waals surface area (Å²) in [5.74, 6) is 0. The summed E-state index contributed by atoms with van der Waals surface area (Å²) in [5.41, 5.74) is 3.65. The van der Waals surface area contributed by atoms with Crippen LogP contribution in [0.1, 0.15) is 0 Å². The molecule has 1 rings (SSSR count). The van der Waals surface area contributed by atoms with Gasteiger partial charge in [-0.25, -0.2) is 0 Å². The third kappa shape index (κ3) is 2.62. The molecule has 3 heteroatoms. The number of rotatable bonds is 3. The number of hydrogen-bond donors (Lipinski definition) is 1. The van der Waals surface area contributed by atoms with Gasteiger partial charge < -0.3 is 0 Å². The van der Waals surface area contributed by atoms with Crippen molar-refractivity contribution in [3.8, 4) is 0 Å². The van der Waals surface area contributed by atoms with Crippen LogP contribution in [0.3, 0.4) is 0 Å². The van der Waals surface area contributed by atoms with Crippen molar-refractivity contribution in [1.29, 1.82) is 0 Å². The number of anilines is 1. The Kier molecular flexibility index (Phi) is 2.86. The molecule has 0 bridgehead atoms. The van der Waals surface area contributed by atoms with Crippen LogP contribution in [0.25, 0.3) is 0 Å². The third-order valence-electron chi connectivity index (χ3n) is 1.09. The second-order valence-corrected chi connectivity index (χ2v) is 1.88. The molecule has 3 nitrogen and oxygen atoms in total. The molecule has 1 aromatic rings. The summed E-state index contributed by atoms with van der Waals surface area (Å²) < 4.78 is 0. The van der Waals surface area contributed by atoms with Gasteiger partial charge in [-0.2, -0.15) is 0 Å². The monoisotopic (exact) mass is 147 g/mol. The fourth-order valence-electron chi connectivity index (χ4n) is 0.640. The largest absolute Gasteiger partial charge is 0.260 e. The van der Waals surface area contributed by atoms with E-state index >= 15 is 0 Å². The lowest BCUT2D eigenvalue weighted by atomic mass is 10.3. The first-order valence-electron chi connectivity index (χ1n) is 3.25. The molecule has 0 saturated carbocycles. The Morgan fingerprint density at radius 2 is 2.00 bits per heavy atom. The Balaban J connectivity index is 2.51. The van der Waals surface area contributed by atoms with Crippen LogP contribution >= 0.6 is 0 Å². The maximum absolute atomic E-state index is 3.62. The van der Waals surface area contributed by atoms with E-state index in [4.69, 9.17) is 0 Å². The predicted molar refractivity (Wildman–Crippen MR) is 45.1 cm³/mol. The van der Waals surface area contributed by atoms with Gasteiger partial charge in [0.1, 0.15) is 0 Å². The number of nitrogens with one attached hydrogen (secondary N) is 1. The molecule has 0 aromatic heterocycles. The Morgan fingerprint density at radius 3 is 2.64 bits per heavy atom. The summed E-state index contributed by atoms with van der Waals surface area (Å²) in [6, 6.07) is 9.59. The molecule has 11 heavy (non-hydrogen) atoms. The highest BCUT2D eigenvalue weighted by Gasteiger charge is 1.82. The number of benzene rings is 1. The molecule has 0 atom stereocenters. The summed E-state index contributed by atoms with van der Waals surface area (Å²) >= 11 is 0.